The van der Waals surface area contributed by atoms with Crippen molar-refractivity contribution in [2.45, 2.75) is 19.0 Å². The molecule has 0 bridgehead atoms. The molecular weight excluding hydrogens is 287 g/mol. The van der Waals surface area contributed by atoms with Crippen LogP contribution in [0.4, 0.5) is 0 Å². The summed E-state index contributed by atoms with van der Waals surface area (Å²) < 4.78 is 28.5. The van der Waals surface area contributed by atoms with Crippen LogP contribution in [0.2, 0.25) is 5.15 Å². The third-order valence-electron chi connectivity index (χ3n) is 2.15. The van der Waals surface area contributed by atoms with Crippen molar-refractivity contribution in [1.29, 1.82) is 0 Å². The van der Waals surface area contributed by atoms with Crippen LogP contribution in [-0.2, 0) is 33.6 Å². The fraction of sp³-hybridized carbons (Fsp3) is 0.667. The van der Waals surface area contributed by atoms with Gasteiger partial charge in [0.05, 0.1) is 30.5 Å². The molecule has 0 fully saturated rings. The molecule has 1 aromatic rings. The van der Waals surface area contributed by atoms with Crippen LogP contribution in [-0.4, -0.2) is 37.3 Å². The quantitative estimate of drug-likeness (QED) is 0.746. The number of nitrogens with zero attached hydrogens (tertiary/aromatic N) is 2. The molecule has 8 heteroatoms. The summed E-state index contributed by atoms with van der Waals surface area (Å²) in [5.74, 6) is 0.207. The molecule has 0 amide bonds. The lowest BCUT2D eigenvalue weighted by molar-refractivity contribution is 0.180. The number of aryl methyl sites for hydroxylation is 1. The maximum absolute atomic E-state index is 11.1. The van der Waals surface area contributed by atoms with Gasteiger partial charge in [0.15, 0.2) is 0 Å². The number of alkyl halides is 1. The lowest BCUT2D eigenvalue weighted by atomic mass is 10.3. The Labute approximate surface area is 111 Å². The van der Waals surface area contributed by atoms with Crippen molar-refractivity contribution >= 4 is 33.0 Å². The van der Waals surface area contributed by atoms with E-state index in [1.165, 1.54) is 10.9 Å². The molecule has 98 valence electrons. The summed E-state index contributed by atoms with van der Waals surface area (Å²) in [5, 5.41) is 4.56. The van der Waals surface area contributed by atoms with Gasteiger partial charge in [-0.15, -0.1) is 11.6 Å². The Morgan fingerprint density at radius 2 is 2.12 bits per heavy atom. The summed E-state index contributed by atoms with van der Waals surface area (Å²) >= 11 is 11.8. The summed E-state index contributed by atoms with van der Waals surface area (Å²) in [6.07, 6.45) is 1.17. The fourth-order valence-electron chi connectivity index (χ4n) is 1.31. The van der Waals surface area contributed by atoms with Gasteiger partial charge in [0.25, 0.3) is 0 Å². The van der Waals surface area contributed by atoms with Crippen LogP contribution in [0.5, 0.6) is 0 Å². The molecule has 0 aliphatic carbocycles. The first kappa shape index (κ1) is 14.8. The van der Waals surface area contributed by atoms with E-state index in [-0.39, 0.29) is 18.2 Å². The molecule has 0 aliphatic rings. The largest absolute Gasteiger partial charge is 0.378 e. The highest BCUT2D eigenvalue weighted by Gasteiger charge is 2.16. The van der Waals surface area contributed by atoms with E-state index in [0.717, 1.165) is 0 Å². The van der Waals surface area contributed by atoms with Crippen LogP contribution in [0.25, 0.3) is 0 Å². The van der Waals surface area contributed by atoms with E-state index in [1.807, 2.05) is 0 Å². The summed E-state index contributed by atoms with van der Waals surface area (Å²) in [5.41, 5.74) is 1.32. The Morgan fingerprint density at radius 1 is 1.47 bits per heavy atom. The average Bonchev–Trinajstić information content (AvgIpc) is 2.51. The van der Waals surface area contributed by atoms with Gasteiger partial charge in [-0.05, 0) is 0 Å². The first-order valence-corrected chi connectivity index (χ1v) is 7.83. The third-order valence-corrected chi connectivity index (χ3v) is 3.77. The van der Waals surface area contributed by atoms with Crippen LogP contribution in [0, 0.1) is 0 Å². The van der Waals surface area contributed by atoms with Crippen molar-refractivity contribution in [3.63, 3.8) is 0 Å². The number of hydrogen-bond donors (Lipinski definition) is 0. The monoisotopic (exact) mass is 300 g/mol. The van der Waals surface area contributed by atoms with E-state index in [4.69, 9.17) is 27.9 Å². The SMILES string of the molecule is COCc1nn(CCS(C)(=O)=O)c(Cl)c1CCl. The minimum atomic E-state index is -3.05. The van der Waals surface area contributed by atoms with E-state index in [2.05, 4.69) is 5.10 Å². The van der Waals surface area contributed by atoms with Gasteiger partial charge in [0.2, 0.25) is 0 Å². The number of hydrogen-bond acceptors (Lipinski definition) is 4. The molecule has 0 aliphatic heterocycles. The normalized spacial score (nSPS) is 12.0. The molecule has 1 aromatic heterocycles. The molecule has 0 saturated heterocycles. The Hall–Kier alpha value is -0.300. The smallest absolute Gasteiger partial charge is 0.149 e. The van der Waals surface area contributed by atoms with Crippen molar-refractivity contribution in [3.05, 3.63) is 16.4 Å². The lowest BCUT2D eigenvalue weighted by Gasteiger charge is -2.01. The maximum Gasteiger partial charge on any atom is 0.149 e. The molecule has 0 N–H and O–H groups in total. The number of ether oxygens (including phenoxy) is 1. The number of aromatic nitrogens is 2. The van der Waals surface area contributed by atoms with Gasteiger partial charge in [0, 0.05) is 18.9 Å². The van der Waals surface area contributed by atoms with Gasteiger partial charge in [-0.2, -0.15) is 5.10 Å². The molecule has 0 spiro atoms. The van der Waals surface area contributed by atoms with Gasteiger partial charge in [-0.3, -0.25) is 4.68 Å². The van der Waals surface area contributed by atoms with Gasteiger partial charge in [-0.1, -0.05) is 11.6 Å². The zero-order valence-electron chi connectivity index (χ0n) is 9.61. The molecule has 5 nitrogen and oxygen atoms in total. The molecule has 1 rings (SSSR count). The van der Waals surface area contributed by atoms with Crippen molar-refractivity contribution in [2.75, 3.05) is 19.1 Å². The highest BCUT2D eigenvalue weighted by molar-refractivity contribution is 7.90. The predicted octanol–water partition coefficient (Wildman–Crippen LogP) is 1.47. The van der Waals surface area contributed by atoms with Crippen molar-refractivity contribution in [3.8, 4) is 0 Å². The molecule has 0 aromatic carbocycles. The Kier molecular flexibility index (Phi) is 5.24. The summed E-state index contributed by atoms with van der Waals surface area (Å²) in [6.45, 7) is 0.513. The first-order chi connectivity index (χ1) is 7.89. The van der Waals surface area contributed by atoms with Crippen LogP contribution in [0.1, 0.15) is 11.3 Å². The second-order valence-electron chi connectivity index (χ2n) is 3.64. The van der Waals surface area contributed by atoms with Crippen LogP contribution in [0.15, 0.2) is 0 Å². The summed E-state index contributed by atoms with van der Waals surface area (Å²) in [7, 11) is -1.50. The van der Waals surface area contributed by atoms with E-state index >= 15 is 0 Å². The van der Waals surface area contributed by atoms with Gasteiger partial charge >= 0.3 is 0 Å². The third kappa shape index (κ3) is 4.13. The lowest BCUT2D eigenvalue weighted by Crippen LogP contribution is -2.12. The Morgan fingerprint density at radius 3 is 2.59 bits per heavy atom. The standard InChI is InChI=1S/C9H14Cl2N2O3S/c1-16-6-8-7(5-10)9(11)13(12-8)3-4-17(2,14)15/h3-6H2,1-2H3. The highest BCUT2D eigenvalue weighted by Crippen LogP contribution is 2.22. The van der Waals surface area contributed by atoms with Gasteiger partial charge in [0.1, 0.15) is 15.0 Å². The second-order valence-corrected chi connectivity index (χ2v) is 6.52. The zero-order valence-corrected chi connectivity index (χ0v) is 11.9. The van der Waals surface area contributed by atoms with Gasteiger partial charge < -0.3 is 4.74 Å². The van der Waals surface area contributed by atoms with Crippen LogP contribution in [0.3, 0.4) is 0 Å². The molecular formula is C9H14Cl2N2O3S. The average molecular weight is 301 g/mol. The summed E-state index contributed by atoms with van der Waals surface area (Å²) in [4.78, 5) is 0. The summed E-state index contributed by atoms with van der Waals surface area (Å²) in [6, 6.07) is 0. The van der Waals surface area contributed by atoms with E-state index in [1.54, 1.807) is 7.11 Å². The number of sulfone groups is 1. The van der Waals surface area contributed by atoms with Gasteiger partial charge in [-0.25, -0.2) is 8.42 Å². The van der Waals surface area contributed by atoms with Crippen molar-refractivity contribution < 1.29 is 13.2 Å². The zero-order chi connectivity index (χ0) is 13.1. The second kappa shape index (κ2) is 6.04. The molecule has 0 radical (unpaired) electrons. The maximum atomic E-state index is 11.1. The molecule has 0 atom stereocenters. The van der Waals surface area contributed by atoms with E-state index in [0.29, 0.717) is 23.0 Å². The van der Waals surface area contributed by atoms with Crippen LogP contribution < -0.4 is 0 Å². The molecule has 1 heterocycles. The number of rotatable bonds is 6. The van der Waals surface area contributed by atoms with Crippen LogP contribution >= 0.6 is 23.2 Å². The molecule has 0 unspecified atom stereocenters. The van der Waals surface area contributed by atoms with Crippen molar-refractivity contribution in [1.82, 2.24) is 9.78 Å². The molecule has 0 saturated carbocycles. The predicted molar refractivity (Wildman–Crippen MR) is 67.2 cm³/mol. The highest BCUT2D eigenvalue weighted by atomic mass is 35.5. The molecule has 17 heavy (non-hydrogen) atoms. The Balaban J connectivity index is 2.93. The first-order valence-electron chi connectivity index (χ1n) is 4.85. The van der Waals surface area contributed by atoms with E-state index < -0.39 is 9.84 Å². The Bertz CT molecular complexity index is 485. The fourth-order valence-corrected chi connectivity index (χ4v) is 2.46. The minimum Gasteiger partial charge on any atom is -0.378 e. The topological polar surface area (TPSA) is 61.2 Å². The minimum absolute atomic E-state index is 0.0114. The number of halogens is 2. The van der Waals surface area contributed by atoms with E-state index in [9.17, 15) is 8.42 Å². The number of methoxy groups -OCH3 is 1. The van der Waals surface area contributed by atoms with Crippen molar-refractivity contribution in [2.24, 2.45) is 0 Å².